The van der Waals surface area contributed by atoms with Crippen molar-refractivity contribution in [1.82, 2.24) is 14.9 Å². The summed E-state index contributed by atoms with van der Waals surface area (Å²) in [5.74, 6) is 1.61. The van der Waals surface area contributed by atoms with Gasteiger partial charge in [-0.1, -0.05) is 12.1 Å². The Morgan fingerprint density at radius 3 is 2.27 bits per heavy atom. The van der Waals surface area contributed by atoms with Gasteiger partial charge in [0.25, 0.3) is 0 Å². The zero-order valence-corrected chi connectivity index (χ0v) is 18.6. The minimum Gasteiger partial charge on any atom is -0.481 e. The zero-order valence-electron chi connectivity index (χ0n) is 18.6. The van der Waals surface area contributed by atoms with E-state index in [0.717, 1.165) is 44.0 Å². The van der Waals surface area contributed by atoms with Gasteiger partial charge >= 0.3 is 7.48 Å². The van der Waals surface area contributed by atoms with E-state index in [4.69, 9.17) is 9.39 Å². The number of anilines is 1. The molecule has 0 atom stereocenters. The first-order valence-corrected chi connectivity index (χ1v) is 10.3. The summed E-state index contributed by atoms with van der Waals surface area (Å²) in [6.45, 7) is 11.9. The van der Waals surface area contributed by atoms with Crippen molar-refractivity contribution in [2.45, 2.75) is 45.4 Å². The monoisotopic (exact) mass is 411 g/mol. The summed E-state index contributed by atoms with van der Waals surface area (Å²) in [5, 5.41) is 10.2. The van der Waals surface area contributed by atoms with Crippen molar-refractivity contribution in [2.24, 2.45) is 0 Å². The van der Waals surface area contributed by atoms with E-state index in [2.05, 4.69) is 25.8 Å². The van der Waals surface area contributed by atoms with Crippen molar-refractivity contribution in [1.29, 1.82) is 0 Å². The van der Waals surface area contributed by atoms with Gasteiger partial charge in [-0.05, 0) is 44.8 Å². The van der Waals surface area contributed by atoms with Crippen LogP contribution in [0.1, 0.15) is 33.3 Å². The summed E-state index contributed by atoms with van der Waals surface area (Å²) < 4.78 is 10.9. The number of aromatic nitrogens is 2. The van der Waals surface area contributed by atoms with Crippen molar-refractivity contribution in [3.05, 3.63) is 42.2 Å². The molecule has 1 aliphatic rings. The molecule has 7 nitrogen and oxygen atoms in total. The molecular weight excluding hydrogens is 379 g/mol. The van der Waals surface area contributed by atoms with Crippen LogP contribution in [0.3, 0.4) is 0 Å². The number of ether oxygens (including phenoxy) is 1. The Labute approximate surface area is 180 Å². The third-order valence-corrected chi connectivity index (χ3v) is 5.84. The predicted molar refractivity (Wildman–Crippen MR) is 119 cm³/mol. The van der Waals surface area contributed by atoms with Crippen molar-refractivity contribution in [3.63, 3.8) is 0 Å². The van der Waals surface area contributed by atoms with Gasteiger partial charge in [-0.15, -0.1) is 0 Å². The van der Waals surface area contributed by atoms with Crippen LogP contribution in [0.25, 0.3) is 0 Å². The van der Waals surface area contributed by atoms with E-state index in [-0.39, 0.29) is 0 Å². The first-order chi connectivity index (χ1) is 14.2. The molecule has 3 rings (SSSR count). The third kappa shape index (κ3) is 5.71. The normalized spacial score (nSPS) is 15.9. The Morgan fingerprint density at radius 2 is 1.73 bits per heavy atom. The summed E-state index contributed by atoms with van der Waals surface area (Å²) in [6, 6.07) is 7.99. The Balaban J connectivity index is 1.48. The number of hydrogen-bond acceptors (Lipinski definition) is 7. The van der Waals surface area contributed by atoms with Gasteiger partial charge in [-0.3, -0.25) is 4.90 Å². The van der Waals surface area contributed by atoms with Crippen LogP contribution < -0.4 is 15.1 Å². The van der Waals surface area contributed by atoms with Crippen LogP contribution in [-0.4, -0.2) is 71.9 Å². The first kappa shape index (κ1) is 22.5. The Kier molecular flexibility index (Phi) is 7.00. The number of piperazine rings is 1. The van der Waals surface area contributed by atoms with Crippen LogP contribution in [-0.2, 0) is 11.2 Å². The predicted octanol–water partition coefficient (Wildman–Crippen LogP) is 1.62. The molecule has 1 saturated heterocycles. The molecule has 0 aromatic carbocycles. The quantitative estimate of drug-likeness (QED) is 0.662. The lowest BCUT2D eigenvalue weighted by Gasteiger charge is -2.37. The molecule has 0 saturated carbocycles. The van der Waals surface area contributed by atoms with Gasteiger partial charge in [0.05, 0.1) is 18.3 Å². The fourth-order valence-corrected chi connectivity index (χ4v) is 3.03. The van der Waals surface area contributed by atoms with Gasteiger partial charge in [-0.25, -0.2) is 9.97 Å². The number of nitrogens with zero attached hydrogens (tertiary/aromatic N) is 4. The Bertz CT molecular complexity index is 799. The van der Waals surface area contributed by atoms with Crippen molar-refractivity contribution >= 4 is 18.8 Å². The third-order valence-electron chi connectivity index (χ3n) is 5.84. The molecule has 0 amide bonds. The highest BCUT2D eigenvalue weighted by molar-refractivity contribution is 6.46. The van der Waals surface area contributed by atoms with Crippen molar-refractivity contribution in [3.8, 4) is 5.88 Å². The molecule has 30 heavy (non-hydrogen) atoms. The van der Waals surface area contributed by atoms with E-state index in [1.54, 1.807) is 28.4 Å². The fourth-order valence-electron chi connectivity index (χ4n) is 3.03. The number of hydrogen-bond donors (Lipinski definition) is 1. The number of aliphatic hydroxyl groups is 1. The largest absolute Gasteiger partial charge is 0.481 e. The SMILES string of the molecule is COc1ccc(CN2CCN(c3ccc([B]OC(C)(C)C(C)(C)O)cn3)CC2)cn1. The van der Waals surface area contributed by atoms with Crippen molar-refractivity contribution in [2.75, 3.05) is 38.2 Å². The lowest BCUT2D eigenvalue weighted by atomic mass is 9.83. The second kappa shape index (κ2) is 9.33. The summed E-state index contributed by atoms with van der Waals surface area (Å²) in [5.41, 5.74) is 0.429. The summed E-state index contributed by atoms with van der Waals surface area (Å²) in [7, 11) is 3.29. The maximum atomic E-state index is 10.2. The maximum Gasteiger partial charge on any atom is 0.332 e. The number of pyridine rings is 2. The van der Waals surface area contributed by atoms with E-state index >= 15 is 0 Å². The average molecular weight is 411 g/mol. The van der Waals surface area contributed by atoms with Crippen LogP contribution in [0.5, 0.6) is 5.88 Å². The smallest absolute Gasteiger partial charge is 0.332 e. The van der Waals surface area contributed by atoms with E-state index in [1.165, 1.54) is 5.56 Å². The highest BCUT2D eigenvalue weighted by atomic mass is 16.5. The van der Waals surface area contributed by atoms with Crippen LogP contribution in [0, 0.1) is 0 Å². The summed E-state index contributed by atoms with van der Waals surface area (Å²) in [4.78, 5) is 13.6. The molecule has 1 radical (unpaired) electrons. The molecule has 161 valence electrons. The van der Waals surface area contributed by atoms with Crippen LogP contribution in [0.15, 0.2) is 36.7 Å². The molecule has 0 bridgehead atoms. The summed E-state index contributed by atoms with van der Waals surface area (Å²) >= 11 is 0. The minimum absolute atomic E-state index is 0.643. The van der Waals surface area contributed by atoms with E-state index < -0.39 is 11.2 Å². The van der Waals surface area contributed by atoms with Crippen molar-refractivity contribution < 1.29 is 14.5 Å². The molecule has 1 N–H and O–H groups in total. The molecule has 8 heteroatoms. The van der Waals surface area contributed by atoms with E-state index in [1.807, 2.05) is 44.4 Å². The highest BCUT2D eigenvalue weighted by Gasteiger charge is 2.35. The molecule has 1 aliphatic heterocycles. The molecule has 2 aromatic heterocycles. The van der Waals surface area contributed by atoms with Crippen LogP contribution >= 0.6 is 0 Å². The Hall–Kier alpha value is -2.16. The number of rotatable bonds is 8. The fraction of sp³-hybridized carbons (Fsp3) is 0.545. The lowest BCUT2D eigenvalue weighted by molar-refractivity contribution is -0.0893. The van der Waals surface area contributed by atoms with Crippen LogP contribution in [0.4, 0.5) is 5.82 Å². The molecule has 1 fully saturated rings. The molecule has 3 heterocycles. The second-order valence-corrected chi connectivity index (χ2v) is 8.73. The highest BCUT2D eigenvalue weighted by Crippen LogP contribution is 2.24. The van der Waals surface area contributed by atoms with E-state index in [0.29, 0.717) is 5.88 Å². The molecule has 0 spiro atoms. The average Bonchev–Trinajstić information content (AvgIpc) is 2.73. The molecular formula is C22H32BN4O3. The van der Waals surface area contributed by atoms with E-state index in [9.17, 15) is 5.11 Å². The van der Waals surface area contributed by atoms with Gasteiger partial charge in [0.2, 0.25) is 5.88 Å². The molecule has 0 aliphatic carbocycles. The zero-order chi connectivity index (χ0) is 21.8. The van der Waals surface area contributed by atoms with Crippen LogP contribution in [0.2, 0.25) is 0 Å². The standard InChI is InChI=1S/C22H32BN4O3/c1-21(2,28)22(3,4)30-23-18-7-8-19(24-15-18)27-12-10-26(11-13-27)16-17-6-9-20(29-5)25-14-17/h6-9,14-15,28H,10-13,16H2,1-5H3. The first-order valence-electron chi connectivity index (χ1n) is 10.3. The second-order valence-electron chi connectivity index (χ2n) is 8.73. The topological polar surface area (TPSA) is 71.0 Å². The lowest BCUT2D eigenvalue weighted by Crippen LogP contribution is -2.49. The molecule has 0 unspecified atom stereocenters. The van der Waals surface area contributed by atoms with Gasteiger partial charge < -0.3 is 19.4 Å². The maximum absolute atomic E-state index is 10.2. The Morgan fingerprint density at radius 1 is 1.00 bits per heavy atom. The van der Waals surface area contributed by atoms with Gasteiger partial charge in [0.1, 0.15) is 5.82 Å². The van der Waals surface area contributed by atoms with Gasteiger partial charge in [0.15, 0.2) is 0 Å². The summed E-state index contributed by atoms with van der Waals surface area (Å²) in [6.07, 6.45) is 3.69. The van der Waals surface area contributed by atoms with Gasteiger partial charge in [-0.2, -0.15) is 0 Å². The van der Waals surface area contributed by atoms with Gasteiger partial charge in [0, 0.05) is 51.2 Å². The number of methoxy groups -OCH3 is 1. The molecule has 2 aromatic rings. The minimum atomic E-state index is -0.946.